The lowest BCUT2D eigenvalue weighted by Crippen LogP contribution is -2.07. The van der Waals surface area contributed by atoms with Gasteiger partial charge in [-0.15, -0.1) is 0 Å². The van der Waals surface area contributed by atoms with E-state index in [0.717, 1.165) is 12.1 Å². The molecule has 0 atom stereocenters. The lowest BCUT2D eigenvalue weighted by molar-refractivity contribution is 0.0525. The van der Waals surface area contributed by atoms with Crippen molar-refractivity contribution in [3.63, 3.8) is 0 Å². The van der Waals surface area contributed by atoms with Crippen LogP contribution >= 0.6 is 12.2 Å². The van der Waals surface area contributed by atoms with Gasteiger partial charge >= 0.3 is 5.97 Å². The van der Waals surface area contributed by atoms with Crippen LogP contribution in [0.3, 0.4) is 0 Å². The van der Waals surface area contributed by atoms with E-state index in [-0.39, 0.29) is 27.6 Å². The Morgan fingerprint density at radius 1 is 1.39 bits per heavy atom. The summed E-state index contributed by atoms with van der Waals surface area (Å²) in [6, 6.07) is 1.96. The van der Waals surface area contributed by atoms with E-state index >= 15 is 0 Å². The lowest BCUT2D eigenvalue weighted by atomic mass is 10.1. The first kappa shape index (κ1) is 12.6. The van der Waals surface area contributed by atoms with E-state index in [0.29, 0.717) is 0 Å². The third-order valence-electron chi connectivity index (χ3n) is 2.43. The molecule has 0 aliphatic heterocycles. The summed E-state index contributed by atoms with van der Waals surface area (Å²) < 4.78 is 31.8. The van der Waals surface area contributed by atoms with Gasteiger partial charge in [-0.25, -0.2) is 13.6 Å². The average Bonchev–Trinajstić information content (AvgIpc) is 2.34. The number of hydrogen-bond donors (Lipinski definition) is 1. The van der Waals surface area contributed by atoms with Gasteiger partial charge in [0.15, 0.2) is 0 Å². The highest BCUT2D eigenvalue weighted by Gasteiger charge is 2.15. The fourth-order valence-electron chi connectivity index (χ4n) is 1.62. The highest BCUT2D eigenvalue weighted by molar-refractivity contribution is 7.71. The standard InChI is InChI=1S/C12H9F2NO2S/c1-2-17-12(16)6-5-15-10-8(14)4-3-7(13)9(10)11(6)18/h3-5H,2H2,1H3,(H,15,18). The molecule has 2 rings (SSSR count). The third-order valence-corrected chi connectivity index (χ3v) is 2.86. The predicted octanol–water partition coefficient (Wildman–Crippen LogP) is 3.35. The zero-order chi connectivity index (χ0) is 13.3. The van der Waals surface area contributed by atoms with Gasteiger partial charge in [0.25, 0.3) is 0 Å². The van der Waals surface area contributed by atoms with Crippen molar-refractivity contribution in [2.24, 2.45) is 0 Å². The lowest BCUT2D eigenvalue weighted by Gasteiger charge is -2.06. The van der Waals surface area contributed by atoms with Crippen molar-refractivity contribution in [1.29, 1.82) is 0 Å². The van der Waals surface area contributed by atoms with Crippen LogP contribution in [-0.4, -0.2) is 17.6 Å². The number of ether oxygens (including phenoxy) is 1. The first-order valence-electron chi connectivity index (χ1n) is 5.22. The van der Waals surface area contributed by atoms with Gasteiger partial charge in [-0.3, -0.25) is 0 Å². The first-order valence-corrected chi connectivity index (χ1v) is 5.63. The van der Waals surface area contributed by atoms with Crippen LogP contribution in [0.1, 0.15) is 17.3 Å². The summed E-state index contributed by atoms with van der Waals surface area (Å²) >= 11 is 5.00. The minimum Gasteiger partial charge on any atom is -0.462 e. The number of H-pyrrole nitrogens is 1. The van der Waals surface area contributed by atoms with Crippen LogP contribution in [0.25, 0.3) is 10.9 Å². The van der Waals surface area contributed by atoms with Gasteiger partial charge in [-0.2, -0.15) is 0 Å². The van der Waals surface area contributed by atoms with Gasteiger partial charge in [0.05, 0.1) is 27.6 Å². The highest BCUT2D eigenvalue weighted by atomic mass is 32.1. The Morgan fingerprint density at radius 2 is 2.06 bits per heavy atom. The largest absolute Gasteiger partial charge is 0.462 e. The van der Waals surface area contributed by atoms with Crippen molar-refractivity contribution in [3.05, 3.63) is 40.0 Å². The average molecular weight is 269 g/mol. The number of fused-ring (bicyclic) bond motifs is 1. The molecule has 3 nitrogen and oxygen atoms in total. The second-order valence-corrected chi connectivity index (χ2v) is 3.94. The maximum Gasteiger partial charge on any atom is 0.341 e. The fourth-order valence-corrected chi connectivity index (χ4v) is 1.96. The Kier molecular flexibility index (Phi) is 3.38. The summed E-state index contributed by atoms with van der Waals surface area (Å²) in [7, 11) is 0. The van der Waals surface area contributed by atoms with Crippen LogP contribution in [0.4, 0.5) is 8.78 Å². The number of aromatic nitrogens is 1. The fraction of sp³-hybridized carbons (Fsp3) is 0.167. The van der Waals surface area contributed by atoms with Crippen molar-refractivity contribution in [1.82, 2.24) is 4.98 Å². The van der Waals surface area contributed by atoms with Gasteiger partial charge in [-0.1, -0.05) is 12.2 Å². The molecule has 0 spiro atoms. The molecule has 2 aromatic rings. The van der Waals surface area contributed by atoms with Crippen LogP contribution < -0.4 is 0 Å². The van der Waals surface area contributed by atoms with Gasteiger partial charge < -0.3 is 9.72 Å². The molecule has 0 aliphatic carbocycles. The molecule has 18 heavy (non-hydrogen) atoms. The molecule has 6 heteroatoms. The molecule has 0 bridgehead atoms. The van der Waals surface area contributed by atoms with Crippen molar-refractivity contribution < 1.29 is 18.3 Å². The van der Waals surface area contributed by atoms with Crippen LogP contribution in [0.15, 0.2) is 18.3 Å². The molecule has 0 aliphatic rings. The van der Waals surface area contributed by atoms with E-state index in [1.165, 1.54) is 6.20 Å². The maximum absolute atomic E-state index is 13.7. The van der Waals surface area contributed by atoms with Crippen molar-refractivity contribution in [2.75, 3.05) is 6.61 Å². The van der Waals surface area contributed by atoms with Gasteiger partial charge in [0.1, 0.15) is 11.6 Å². The second kappa shape index (κ2) is 4.81. The van der Waals surface area contributed by atoms with E-state index in [2.05, 4.69) is 4.98 Å². The first-order chi connectivity index (χ1) is 8.56. The van der Waals surface area contributed by atoms with Crippen molar-refractivity contribution in [3.8, 4) is 0 Å². The van der Waals surface area contributed by atoms with Crippen LogP contribution in [0.2, 0.25) is 0 Å². The van der Waals surface area contributed by atoms with E-state index in [4.69, 9.17) is 17.0 Å². The minimum absolute atomic E-state index is 0.0175. The number of carbonyl (C=O) groups excluding carboxylic acids is 1. The maximum atomic E-state index is 13.7. The number of esters is 1. The van der Waals surface area contributed by atoms with Crippen LogP contribution in [0.5, 0.6) is 0 Å². The van der Waals surface area contributed by atoms with Crippen LogP contribution in [-0.2, 0) is 4.74 Å². The van der Waals surface area contributed by atoms with Gasteiger partial charge in [0.2, 0.25) is 0 Å². The molecule has 0 saturated heterocycles. The van der Waals surface area contributed by atoms with Gasteiger partial charge in [0, 0.05) is 6.20 Å². The summed E-state index contributed by atoms with van der Waals surface area (Å²) in [6.45, 7) is 1.82. The number of halogens is 2. The number of carbonyl (C=O) groups is 1. The summed E-state index contributed by atoms with van der Waals surface area (Å²) in [5.41, 5.74) is -0.0445. The van der Waals surface area contributed by atoms with E-state index < -0.39 is 17.6 Å². The number of aromatic amines is 1. The van der Waals surface area contributed by atoms with Gasteiger partial charge in [-0.05, 0) is 19.1 Å². The Morgan fingerprint density at radius 3 is 2.72 bits per heavy atom. The molecule has 0 radical (unpaired) electrons. The zero-order valence-corrected chi connectivity index (χ0v) is 10.2. The molecule has 94 valence electrons. The molecule has 0 amide bonds. The summed E-state index contributed by atoms with van der Waals surface area (Å²) in [4.78, 5) is 14.1. The zero-order valence-electron chi connectivity index (χ0n) is 9.42. The van der Waals surface area contributed by atoms with E-state index in [9.17, 15) is 13.6 Å². The summed E-state index contributed by atoms with van der Waals surface area (Å²) in [5.74, 6) is -1.98. The highest BCUT2D eigenvalue weighted by Crippen LogP contribution is 2.22. The van der Waals surface area contributed by atoms with Crippen molar-refractivity contribution >= 4 is 29.1 Å². The normalized spacial score (nSPS) is 10.6. The topological polar surface area (TPSA) is 42.1 Å². The number of pyridine rings is 1. The SMILES string of the molecule is CCOC(=O)c1c[nH]c2c(F)ccc(F)c2c1=S. The van der Waals surface area contributed by atoms with Crippen LogP contribution in [0, 0.1) is 16.1 Å². The molecule has 1 aromatic heterocycles. The Labute approximate surface area is 106 Å². The predicted molar refractivity (Wildman–Crippen MR) is 65.0 cm³/mol. The molecule has 0 unspecified atom stereocenters. The number of benzene rings is 1. The quantitative estimate of drug-likeness (QED) is 0.671. The Hall–Kier alpha value is -1.82. The Balaban J connectivity index is 2.76. The summed E-state index contributed by atoms with van der Waals surface area (Å²) in [5, 5.41) is -0.115. The monoisotopic (exact) mass is 269 g/mol. The molecule has 0 saturated carbocycles. The number of rotatable bonds is 2. The van der Waals surface area contributed by atoms with Crippen molar-refractivity contribution in [2.45, 2.75) is 6.92 Å². The Bertz CT molecular complexity index is 682. The molecule has 0 fully saturated rings. The number of hydrogen-bond acceptors (Lipinski definition) is 3. The molecule has 1 aromatic carbocycles. The smallest absolute Gasteiger partial charge is 0.341 e. The molecule has 1 N–H and O–H groups in total. The molecular formula is C12H9F2NO2S. The molecule has 1 heterocycles. The number of nitrogens with one attached hydrogen (secondary N) is 1. The summed E-state index contributed by atoms with van der Waals surface area (Å²) in [6.07, 6.45) is 1.23. The molecular weight excluding hydrogens is 260 g/mol. The third kappa shape index (κ3) is 1.99. The second-order valence-electron chi connectivity index (χ2n) is 3.53. The minimum atomic E-state index is -0.682. The van der Waals surface area contributed by atoms with E-state index in [1.807, 2.05) is 0 Å². The van der Waals surface area contributed by atoms with E-state index in [1.54, 1.807) is 6.92 Å².